The number of aromatic nitrogens is 4. The van der Waals surface area contributed by atoms with Gasteiger partial charge in [-0.2, -0.15) is 0 Å². The van der Waals surface area contributed by atoms with Crippen LogP contribution in [0.5, 0.6) is 0 Å². The molecule has 11 aromatic rings. The van der Waals surface area contributed by atoms with E-state index in [0.717, 1.165) is 61.1 Å². The Hall–Kier alpha value is -7.56. The van der Waals surface area contributed by atoms with Gasteiger partial charge >= 0.3 is 0 Å². The number of para-hydroxylation sites is 2. The van der Waals surface area contributed by atoms with E-state index in [9.17, 15) is 0 Å². The fraction of sp³-hybridized carbons (Fsp3) is 0. The first-order valence-electron chi connectivity index (χ1n) is 19.0. The summed E-state index contributed by atoms with van der Waals surface area (Å²) < 4.78 is 4.59. The Morgan fingerprint density at radius 1 is 0.268 bits per heavy atom. The van der Waals surface area contributed by atoms with Crippen LogP contribution in [0.4, 0.5) is 0 Å². The second-order valence-corrected chi connectivity index (χ2v) is 14.3. The monoisotopic (exact) mass is 714 g/mol. The van der Waals surface area contributed by atoms with Crippen molar-refractivity contribution in [2.24, 2.45) is 0 Å². The minimum atomic E-state index is 0.649. The summed E-state index contributed by atoms with van der Waals surface area (Å²) >= 11 is 0. The van der Waals surface area contributed by atoms with E-state index in [1.54, 1.807) is 0 Å². The molecule has 4 nitrogen and oxygen atoms in total. The van der Waals surface area contributed by atoms with Gasteiger partial charge in [-0.25, -0.2) is 9.97 Å². The van der Waals surface area contributed by atoms with Gasteiger partial charge in [0.15, 0.2) is 0 Å². The van der Waals surface area contributed by atoms with Crippen molar-refractivity contribution < 1.29 is 0 Å². The molecule has 0 aliphatic heterocycles. The van der Waals surface area contributed by atoms with Crippen molar-refractivity contribution in [3.05, 3.63) is 206 Å². The lowest BCUT2D eigenvalue weighted by molar-refractivity contribution is 0.995. The number of fused-ring (bicyclic) bond motifs is 6. The Balaban J connectivity index is 1.02. The molecule has 0 atom stereocenters. The van der Waals surface area contributed by atoms with Crippen LogP contribution in [0.3, 0.4) is 0 Å². The van der Waals surface area contributed by atoms with Gasteiger partial charge in [0.1, 0.15) is 0 Å². The number of hydrogen-bond donors (Lipinski definition) is 0. The second kappa shape index (κ2) is 13.1. The fourth-order valence-corrected chi connectivity index (χ4v) is 8.28. The van der Waals surface area contributed by atoms with Gasteiger partial charge in [0.2, 0.25) is 5.95 Å². The van der Waals surface area contributed by atoms with E-state index < -0.39 is 0 Å². The normalized spacial score (nSPS) is 11.6. The molecule has 262 valence electrons. The Bertz CT molecular complexity index is 3160. The summed E-state index contributed by atoms with van der Waals surface area (Å²) in [5.74, 6) is 0.649. The molecule has 0 amide bonds. The highest BCUT2D eigenvalue weighted by Gasteiger charge is 2.18. The summed E-state index contributed by atoms with van der Waals surface area (Å²) in [7, 11) is 0. The summed E-state index contributed by atoms with van der Waals surface area (Å²) in [6.07, 6.45) is 0. The van der Waals surface area contributed by atoms with Crippen molar-refractivity contribution in [2.45, 2.75) is 0 Å². The van der Waals surface area contributed by atoms with Gasteiger partial charge in [0.05, 0.1) is 33.5 Å². The minimum Gasteiger partial charge on any atom is -0.309 e. The van der Waals surface area contributed by atoms with E-state index >= 15 is 0 Å². The molecule has 0 saturated carbocycles. The fourth-order valence-electron chi connectivity index (χ4n) is 8.28. The zero-order valence-electron chi connectivity index (χ0n) is 30.4. The smallest absolute Gasteiger partial charge is 0.235 e. The number of hydrogen-bond acceptors (Lipinski definition) is 2. The van der Waals surface area contributed by atoms with Gasteiger partial charge < -0.3 is 4.57 Å². The number of nitrogens with zero attached hydrogens (tertiary/aromatic N) is 4. The first-order valence-corrected chi connectivity index (χ1v) is 19.0. The maximum atomic E-state index is 5.20. The van der Waals surface area contributed by atoms with Gasteiger partial charge in [-0.05, 0) is 76.9 Å². The molecule has 0 spiro atoms. The third-order valence-electron chi connectivity index (χ3n) is 11.0. The largest absolute Gasteiger partial charge is 0.309 e. The van der Waals surface area contributed by atoms with Crippen LogP contribution in [0, 0.1) is 0 Å². The third kappa shape index (κ3) is 5.31. The molecule has 3 aromatic heterocycles. The average molecular weight is 715 g/mol. The molecule has 11 rings (SSSR count). The van der Waals surface area contributed by atoms with Crippen LogP contribution in [-0.2, 0) is 0 Å². The highest BCUT2D eigenvalue weighted by molar-refractivity contribution is 6.11. The van der Waals surface area contributed by atoms with E-state index in [1.165, 1.54) is 32.9 Å². The molecule has 56 heavy (non-hydrogen) atoms. The van der Waals surface area contributed by atoms with E-state index in [4.69, 9.17) is 9.97 Å². The van der Waals surface area contributed by atoms with Crippen LogP contribution in [0.15, 0.2) is 206 Å². The van der Waals surface area contributed by atoms with Gasteiger partial charge in [-0.3, -0.25) is 4.57 Å². The Labute approximate surface area is 324 Å². The Morgan fingerprint density at radius 2 is 0.661 bits per heavy atom. The van der Waals surface area contributed by atoms with Crippen LogP contribution in [0.2, 0.25) is 0 Å². The summed E-state index contributed by atoms with van der Waals surface area (Å²) in [5.41, 5.74) is 14.3. The van der Waals surface area contributed by atoms with Gasteiger partial charge in [-0.1, -0.05) is 152 Å². The zero-order chi connectivity index (χ0) is 37.0. The molecule has 3 heterocycles. The molecule has 0 saturated heterocycles. The highest BCUT2D eigenvalue weighted by Crippen LogP contribution is 2.38. The van der Waals surface area contributed by atoms with Gasteiger partial charge in [0, 0.05) is 38.4 Å². The maximum Gasteiger partial charge on any atom is 0.235 e. The lowest BCUT2D eigenvalue weighted by Gasteiger charge is -2.12. The third-order valence-corrected chi connectivity index (χ3v) is 11.0. The quantitative estimate of drug-likeness (QED) is 0.172. The minimum absolute atomic E-state index is 0.649. The van der Waals surface area contributed by atoms with Crippen LogP contribution in [0.25, 0.3) is 100 Å². The molecule has 0 aliphatic rings. The van der Waals surface area contributed by atoms with Crippen LogP contribution in [-0.4, -0.2) is 19.1 Å². The Kier molecular flexibility index (Phi) is 7.46. The highest BCUT2D eigenvalue weighted by atomic mass is 15.2. The summed E-state index contributed by atoms with van der Waals surface area (Å²) in [4.78, 5) is 10.4. The molecule has 8 aromatic carbocycles. The predicted molar refractivity (Wildman–Crippen MR) is 232 cm³/mol. The molecule has 0 aliphatic carbocycles. The predicted octanol–water partition coefficient (Wildman–Crippen LogP) is 13.3. The summed E-state index contributed by atoms with van der Waals surface area (Å²) in [6.45, 7) is 0. The standard InChI is InChI=1S/C52H34N4/c1-4-14-35(15-5-1)39-26-30-50-44(32-39)42-20-10-12-22-48(42)55(50)41-28-24-36(25-29-41)40-27-31-51-45(33-40)43-21-11-13-23-49(43)56(51)52-53-46(37-16-6-2-7-17-37)34-47(54-52)38-18-8-3-9-19-38/h1-34H. The van der Waals surface area contributed by atoms with Crippen molar-refractivity contribution in [1.29, 1.82) is 0 Å². The molecule has 0 N–H and O–H groups in total. The molecule has 0 unspecified atom stereocenters. The van der Waals surface area contributed by atoms with E-state index in [1.807, 2.05) is 12.1 Å². The zero-order valence-corrected chi connectivity index (χ0v) is 30.4. The number of benzene rings is 8. The van der Waals surface area contributed by atoms with Crippen molar-refractivity contribution in [3.63, 3.8) is 0 Å². The maximum absolute atomic E-state index is 5.20. The molecule has 0 fully saturated rings. The van der Waals surface area contributed by atoms with Gasteiger partial charge in [-0.15, -0.1) is 0 Å². The van der Waals surface area contributed by atoms with Crippen LogP contribution in [0.1, 0.15) is 0 Å². The Morgan fingerprint density at radius 3 is 1.20 bits per heavy atom. The second-order valence-electron chi connectivity index (χ2n) is 14.3. The molecule has 0 radical (unpaired) electrons. The number of rotatable bonds is 6. The lowest BCUT2D eigenvalue weighted by atomic mass is 10.0. The van der Waals surface area contributed by atoms with Crippen molar-refractivity contribution in [2.75, 3.05) is 0 Å². The van der Waals surface area contributed by atoms with Crippen LogP contribution < -0.4 is 0 Å². The van der Waals surface area contributed by atoms with Crippen LogP contribution >= 0.6 is 0 Å². The van der Waals surface area contributed by atoms with Crippen molar-refractivity contribution in [3.8, 4) is 56.4 Å². The van der Waals surface area contributed by atoms with E-state index in [2.05, 4.69) is 203 Å². The summed E-state index contributed by atoms with van der Waals surface area (Å²) in [6, 6.07) is 73.2. The molecule has 4 heteroatoms. The first kappa shape index (κ1) is 31.9. The van der Waals surface area contributed by atoms with Crippen molar-refractivity contribution >= 4 is 43.6 Å². The van der Waals surface area contributed by atoms with E-state index in [-0.39, 0.29) is 0 Å². The van der Waals surface area contributed by atoms with Crippen molar-refractivity contribution in [1.82, 2.24) is 19.1 Å². The lowest BCUT2D eigenvalue weighted by Crippen LogP contribution is -2.03. The van der Waals surface area contributed by atoms with Gasteiger partial charge in [0.25, 0.3) is 0 Å². The summed E-state index contributed by atoms with van der Waals surface area (Å²) in [5, 5.41) is 4.83. The molecular formula is C52H34N4. The molecular weight excluding hydrogens is 681 g/mol. The van der Waals surface area contributed by atoms with E-state index in [0.29, 0.717) is 5.95 Å². The first-order chi connectivity index (χ1) is 27.8. The average Bonchev–Trinajstić information content (AvgIpc) is 3.79. The SMILES string of the molecule is c1ccc(-c2ccc3c(c2)c2ccccc2n3-c2ccc(-c3ccc4c(c3)c3ccccc3n4-c3nc(-c4ccccc4)cc(-c4ccccc4)n3)cc2)cc1. The molecule has 0 bridgehead atoms. The topological polar surface area (TPSA) is 35.6 Å².